The van der Waals surface area contributed by atoms with Gasteiger partial charge in [0.2, 0.25) is 0 Å². The average molecular weight is 281 g/mol. The van der Waals surface area contributed by atoms with Crippen molar-refractivity contribution in [2.75, 3.05) is 45.8 Å². The molecule has 1 saturated carbocycles. The molecular weight excluding hydrogens is 246 g/mol. The summed E-state index contributed by atoms with van der Waals surface area (Å²) in [5.41, 5.74) is 0.463. The highest BCUT2D eigenvalue weighted by molar-refractivity contribution is 4.88. The molecule has 1 aliphatic heterocycles. The molecule has 3 nitrogen and oxygen atoms in total. The Balaban J connectivity index is 1.75. The molecule has 0 bridgehead atoms. The van der Waals surface area contributed by atoms with E-state index in [4.69, 9.17) is 0 Å². The third-order valence-electron chi connectivity index (χ3n) is 4.86. The highest BCUT2D eigenvalue weighted by Gasteiger charge is 2.30. The lowest BCUT2D eigenvalue weighted by atomic mass is 9.84. The second-order valence-corrected chi connectivity index (χ2v) is 7.33. The van der Waals surface area contributed by atoms with E-state index in [0.29, 0.717) is 5.41 Å². The van der Waals surface area contributed by atoms with Gasteiger partial charge in [0.1, 0.15) is 0 Å². The van der Waals surface area contributed by atoms with E-state index in [1.54, 1.807) is 0 Å². The number of piperazine rings is 1. The van der Waals surface area contributed by atoms with Crippen molar-refractivity contribution >= 4 is 0 Å². The summed E-state index contributed by atoms with van der Waals surface area (Å²) in [5, 5.41) is 3.76. The topological polar surface area (TPSA) is 18.5 Å². The van der Waals surface area contributed by atoms with Crippen LogP contribution in [0.2, 0.25) is 0 Å². The zero-order valence-corrected chi connectivity index (χ0v) is 14.0. The minimum absolute atomic E-state index is 0.463. The largest absolute Gasteiger partial charge is 0.313 e. The monoisotopic (exact) mass is 281 g/mol. The maximum atomic E-state index is 3.76. The fourth-order valence-corrected chi connectivity index (χ4v) is 3.53. The Kier molecular flexibility index (Phi) is 6.31. The lowest BCUT2D eigenvalue weighted by molar-refractivity contribution is 0.0857. The van der Waals surface area contributed by atoms with Crippen molar-refractivity contribution in [3.05, 3.63) is 0 Å². The molecule has 0 spiro atoms. The van der Waals surface area contributed by atoms with Crippen LogP contribution in [-0.2, 0) is 0 Å². The SMILES string of the molecule is CCCN1CCN(CC(C)(CCC)CNC2CC2)CC1. The summed E-state index contributed by atoms with van der Waals surface area (Å²) >= 11 is 0. The number of hydrogen-bond acceptors (Lipinski definition) is 3. The Bertz CT molecular complexity index is 269. The molecule has 3 heteroatoms. The first kappa shape index (κ1) is 16.3. The smallest absolute Gasteiger partial charge is 0.0110 e. The summed E-state index contributed by atoms with van der Waals surface area (Å²) in [5.74, 6) is 0. The van der Waals surface area contributed by atoms with Gasteiger partial charge in [-0.05, 0) is 37.6 Å². The molecule has 1 N–H and O–H groups in total. The van der Waals surface area contributed by atoms with Gasteiger partial charge in [-0.25, -0.2) is 0 Å². The lowest BCUT2D eigenvalue weighted by Crippen LogP contribution is -2.51. The normalized spacial score (nSPS) is 24.8. The fourth-order valence-electron chi connectivity index (χ4n) is 3.53. The summed E-state index contributed by atoms with van der Waals surface area (Å²) in [6.45, 7) is 15.9. The van der Waals surface area contributed by atoms with Gasteiger partial charge in [-0.15, -0.1) is 0 Å². The van der Waals surface area contributed by atoms with Crippen molar-refractivity contribution < 1.29 is 0 Å². The van der Waals surface area contributed by atoms with E-state index in [1.807, 2.05) is 0 Å². The molecule has 0 aromatic carbocycles. The van der Waals surface area contributed by atoms with Crippen molar-refractivity contribution in [2.45, 2.75) is 58.9 Å². The summed E-state index contributed by atoms with van der Waals surface area (Å²) < 4.78 is 0. The third kappa shape index (κ3) is 5.34. The fraction of sp³-hybridized carbons (Fsp3) is 1.00. The van der Waals surface area contributed by atoms with Gasteiger partial charge in [0.05, 0.1) is 0 Å². The maximum Gasteiger partial charge on any atom is 0.0110 e. The first-order valence-electron chi connectivity index (χ1n) is 8.83. The number of nitrogens with zero attached hydrogens (tertiary/aromatic N) is 2. The first-order valence-corrected chi connectivity index (χ1v) is 8.83. The molecule has 1 aliphatic carbocycles. The summed E-state index contributed by atoms with van der Waals surface area (Å²) in [6.07, 6.45) is 6.75. The van der Waals surface area contributed by atoms with Gasteiger partial charge >= 0.3 is 0 Å². The molecule has 2 fully saturated rings. The van der Waals surface area contributed by atoms with Crippen molar-refractivity contribution in [1.82, 2.24) is 15.1 Å². The van der Waals surface area contributed by atoms with Crippen LogP contribution in [0, 0.1) is 5.41 Å². The van der Waals surface area contributed by atoms with E-state index >= 15 is 0 Å². The van der Waals surface area contributed by atoms with Gasteiger partial charge < -0.3 is 15.1 Å². The van der Waals surface area contributed by atoms with Crippen LogP contribution in [0.4, 0.5) is 0 Å². The molecule has 118 valence electrons. The Labute approximate surface area is 126 Å². The van der Waals surface area contributed by atoms with E-state index < -0.39 is 0 Å². The van der Waals surface area contributed by atoms with Crippen molar-refractivity contribution in [2.24, 2.45) is 5.41 Å². The van der Waals surface area contributed by atoms with E-state index in [9.17, 15) is 0 Å². The summed E-state index contributed by atoms with van der Waals surface area (Å²) in [6, 6.07) is 0.840. The van der Waals surface area contributed by atoms with Gasteiger partial charge in [0.25, 0.3) is 0 Å². The predicted octanol–water partition coefficient (Wildman–Crippen LogP) is 2.57. The maximum absolute atomic E-state index is 3.76. The minimum Gasteiger partial charge on any atom is -0.313 e. The van der Waals surface area contributed by atoms with Crippen molar-refractivity contribution in [1.29, 1.82) is 0 Å². The number of hydrogen-bond donors (Lipinski definition) is 1. The molecule has 1 unspecified atom stereocenters. The van der Waals surface area contributed by atoms with Gasteiger partial charge in [0, 0.05) is 45.3 Å². The van der Waals surface area contributed by atoms with Gasteiger partial charge in [-0.3, -0.25) is 0 Å². The highest BCUT2D eigenvalue weighted by atomic mass is 15.3. The molecule has 0 aromatic rings. The second kappa shape index (κ2) is 7.77. The molecule has 0 radical (unpaired) electrons. The Morgan fingerprint density at radius 3 is 2.20 bits per heavy atom. The van der Waals surface area contributed by atoms with Gasteiger partial charge in [-0.1, -0.05) is 27.2 Å². The van der Waals surface area contributed by atoms with Crippen LogP contribution in [0.1, 0.15) is 52.9 Å². The Morgan fingerprint density at radius 2 is 1.65 bits per heavy atom. The number of nitrogens with one attached hydrogen (secondary N) is 1. The van der Waals surface area contributed by atoms with Gasteiger partial charge in [-0.2, -0.15) is 0 Å². The van der Waals surface area contributed by atoms with Crippen LogP contribution in [0.25, 0.3) is 0 Å². The highest BCUT2D eigenvalue weighted by Crippen LogP contribution is 2.27. The van der Waals surface area contributed by atoms with Gasteiger partial charge in [0.15, 0.2) is 0 Å². The van der Waals surface area contributed by atoms with Crippen molar-refractivity contribution in [3.63, 3.8) is 0 Å². The first-order chi connectivity index (χ1) is 9.65. The Hall–Kier alpha value is -0.120. The molecule has 1 atom stereocenters. The van der Waals surface area contributed by atoms with Crippen LogP contribution in [-0.4, -0.2) is 61.7 Å². The molecular formula is C17H35N3. The molecule has 0 amide bonds. The van der Waals surface area contributed by atoms with E-state index in [2.05, 4.69) is 35.9 Å². The van der Waals surface area contributed by atoms with Crippen LogP contribution in [0.5, 0.6) is 0 Å². The molecule has 1 heterocycles. The standard InChI is InChI=1S/C17H35N3/c1-4-8-17(3,14-18-16-6-7-16)15-20-12-10-19(9-5-2)11-13-20/h16,18H,4-15H2,1-3H3. The van der Waals surface area contributed by atoms with Crippen LogP contribution < -0.4 is 5.32 Å². The molecule has 2 rings (SSSR count). The summed E-state index contributed by atoms with van der Waals surface area (Å²) in [7, 11) is 0. The Morgan fingerprint density at radius 1 is 1.00 bits per heavy atom. The second-order valence-electron chi connectivity index (χ2n) is 7.33. The average Bonchev–Trinajstić information content (AvgIpc) is 3.24. The minimum atomic E-state index is 0.463. The summed E-state index contributed by atoms with van der Waals surface area (Å²) in [4.78, 5) is 5.33. The molecule has 20 heavy (non-hydrogen) atoms. The van der Waals surface area contributed by atoms with Crippen LogP contribution >= 0.6 is 0 Å². The molecule has 0 aromatic heterocycles. The van der Waals surface area contributed by atoms with Crippen LogP contribution in [0.3, 0.4) is 0 Å². The third-order valence-corrected chi connectivity index (χ3v) is 4.86. The van der Waals surface area contributed by atoms with E-state index in [0.717, 1.165) is 6.04 Å². The molecule has 1 saturated heterocycles. The van der Waals surface area contributed by atoms with E-state index in [-0.39, 0.29) is 0 Å². The molecule has 2 aliphatic rings. The zero-order valence-electron chi connectivity index (χ0n) is 14.0. The van der Waals surface area contributed by atoms with E-state index in [1.165, 1.54) is 77.9 Å². The quantitative estimate of drug-likeness (QED) is 0.701. The predicted molar refractivity (Wildman–Crippen MR) is 87.2 cm³/mol. The lowest BCUT2D eigenvalue weighted by Gasteiger charge is -2.40. The zero-order chi connectivity index (χ0) is 14.4. The van der Waals surface area contributed by atoms with Crippen LogP contribution in [0.15, 0.2) is 0 Å². The number of rotatable bonds is 9. The van der Waals surface area contributed by atoms with Crippen molar-refractivity contribution in [3.8, 4) is 0 Å².